The van der Waals surface area contributed by atoms with Crippen molar-refractivity contribution < 1.29 is 4.79 Å². The molecule has 4 aromatic heterocycles. The number of nitrogen functional groups attached to an aromatic ring is 1. The third kappa shape index (κ3) is 2.83. The minimum Gasteiger partial charge on any atom is -0.382 e. The second-order valence-electron chi connectivity index (χ2n) is 5.59. The number of carbonyl (C=O) groups is 1. The highest BCUT2D eigenvalue weighted by molar-refractivity contribution is 5.83. The summed E-state index contributed by atoms with van der Waals surface area (Å²) in [4.78, 5) is 40.7. The fourth-order valence-electron chi connectivity index (χ4n) is 2.61. The van der Waals surface area contributed by atoms with Crippen LogP contribution >= 0.6 is 0 Å². The molecule has 130 valence electrons. The third-order valence-electron chi connectivity index (χ3n) is 3.83. The number of nitrogens with zero attached hydrogens (tertiary/aromatic N) is 6. The van der Waals surface area contributed by atoms with Gasteiger partial charge in [-0.2, -0.15) is 0 Å². The van der Waals surface area contributed by atoms with Crippen molar-refractivity contribution >= 4 is 28.5 Å². The van der Waals surface area contributed by atoms with Gasteiger partial charge in [-0.25, -0.2) is 19.9 Å². The Labute approximate surface area is 146 Å². The van der Waals surface area contributed by atoms with Gasteiger partial charge in [0.25, 0.3) is 5.56 Å². The van der Waals surface area contributed by atoms with Crippen LogP contribution in [0.15, 0.2) is 47.9 Å². The van der Waals surface area contributed by atoms with Crippen molar-refractivity contribution in [3.8, 4) is 0 Å². The topological polar surface area (TPSA) is 133 Å². The number of carbonyl (C=O) groups excluding carboxylic acids is 1. The van der Waals surface area contributed by atoms with Crippen molar-refractivity contribution in [3.63, 3.8) is 0 Å². The van der Waals surface area contributed by atoms with E-state index in [4.69, 9.17) is 5.73 Å². The van der Waals surface area contributed by atoms with Crippen LogP contribution in [-0.2, 0) is 17.9 Å². The largest absolute Gasteiger partial charge is 0.382 e. The van der Waals surface area contributed by atoms with Gasteiger partial charge in [-0.1, -0.05) is 6.07 Å². The maximum Gasteiger partial charge on any atom is 0.258 e. The van der Waals surface area contributed by atoms with E-state index in [1.165, 1.54) is 23.1 Å². The van der Waals surface area contributed by atoms with E-state index in [1.54, 1.807) is 29.0 Å². The van der Waals surface area contributed by atoms with E-state index in [0.717, 1.165) is 0 Å². The van der Waals surface area contributed by atoms with E-state index in [-0.39, 0.29) is 30.4 Å². The summed E-state index contributed by atoms with van der Waals surface area (Å²) in [7, 11) is 0. The molecule has 0 unspecified atom stereocenters. The lowest BCUT2D eigenvalue weighted by atomic mass is 10.3. The maximum absolute atomic E-state index is 12.2. The van der Waals surface area contributed by atoms with Crippen LogP contribution in [0.5, 0.6) is 0 Å². The van der Waals surface area contributed by atoms with Gasteiger partial charge in [-0.05, 0) is 12.1 Å². The minimum absolute atomic E-state index is 0.0134. The van der Waals surface area contributed by atoms with Gasteiger partial charge >= 0.3 is 0 Å². The quantitative estimate of drug-likeness (QED) is 0.517. The first kappa shape index (κ1) is 15.7. The Kier molecular flexibility index (Phi) is 3.77. The van der Waals surface area contributed by atoms with Crippen LogP contribution in [0.1, 0.15) is 5.69 Å². The van der Waals surface area contributed by atoms with Crippen molar-refractivity contribution in [2.45, 2.75) is 13.1 Å². The fraction of sp³-hybridized carbons (Fsp3) is 0.125. The van der Waals surface area contributed by atoms with Crippen molar-refractivity contribution in [2.75, 3.05) is 5.73 Å². The molecule has 0 fully saturated rings. The summed E-state index contributed by atoms with van der Waals surface area (Å²) in [5.41, 5.74) is 7.46. The molecule has 0 aromatic carbocycles. The first-order chi connectivity index (χ1) is 12.6. The number of nitrogens with two attached hydrogens (primary N) is 1. The number of imidazole rings is 1. The molecule has 10 nitrogen and oxygen atoms in total. The molecule has 0 saturated carbocycles. The van der Waals surface area contributed by atoms with Crippen LogP contribution in [0.3, 0.4) is 0 Å². The fourth-order valence-corrected chi connectivity index (χ4v) is 2.61. The molecular formula is C16H14N8O2. The van der Waals surface area contributed by atoms with Crippen LogP contribution < -0.4 is 16.6 Å². The van der Waals surface area contributed by atoms with Crippen LogP contribution in [0.2, 0.25) is 0 Å². The summed E-state index contributed by atoms with van der Waals surface area (Å²) in [5.74, 6) is -0.00783. The zero-order valence-corrected chi connectivity index (χ0v) is 13.5. The van der Waals surface area contributed by atoms with Crippen LogP contribution in [0.4, 0.5) is 5.82 Å². The summed E-state index contributed by atoms with van der Waals surface area (Å²) in [6.07, 6.45) is 4.45. The number of nitrogens with one attached hydrogen (secondary N) is 1. The Balaban J connectivity index is 1.49. The number of fused-ring (bicyclic) bond motifs is 2. The van der Waals surface area contributed by atoms with E-state index >= 15 is 0 Å². The molecule has 0 radical (unpaired) electrons. The van der Waals surface area contributed by atoms with E-state index < -0.39 is 0 Å². The average molecular weight is 350 g/mol. The molecule has 0 spiro atoms. The maximum atomic E-state index is 12.2. The zero-order valence-electron chi connectivity index (χ0n) is 13.5. The van der Waals surface area contributed by atoms with Crippen LogP contribution in [0, 0.1) is 0 Å². The predicted molar refractivity (Wildman–Crippen MR) is 93.0 cm³/mol. The van der Waals surface area contributed by atoms with E-state index in [9.17, 15) is 9.59 Å². The molecule has 0 atom stereocenters. The van der Waals surface area contributed by atoms with Crippen LogP contribution in [0.25, 0.3) is 16.8 Å². The van der Waals surface area contributed by atoms with E-state index in [0.29, 0.717) is 22.5 Å². The van der Waals surface area contributed by atoms with Crippen molar-refractivity contribution in [2.24, 2.45) is 0 Å². The molecule has 0 aliphatic rings. The molecule has 0 aliphatic carbocycles. The number of amides is 1. The SMILES string of the molecule is Nc1ncnc2c1ncn2CC(=O)NCc1cc(=O)n2ccccc2n1. The number of hydrogen-bond acceptors (Lipinski definition) is 7. The third-order valence-corrected chi connectivity index (χ3v) is 3.83. The minimum atomic E-state index is -0.267. The molecule has 3 N–H and O–H groups in total. The lowest BCUT2D eigenvalue weighted by Crippen LogP contribution is -2.28. The molecule has 4 heterocycles. The van der Waals surface area contributed by atoms with Gasteiger partial charge in [0.05, 0.1) is 18.6 Å². The van der Waals surface area contributed by atoms with E-state index in [2.05, 4.69) is 25.3 Å². The van der Waals surface area contributed by atoms with Crippen molar-refractivity contribution in [1.82, 2.24) is 34.2 Å². The van der Waals surface area contributed by atoms with Gasteiger partial charge in [0.1, 0.15) is 24.0 Å². The lowest BCUT2D eigenvalue weighted by molar-refractivity contribution is -0.121. The number of aromatic nitrogens is 6. The smallest absolute Gasteiger partial charge is 0.258 e. The van der Waals surface area contributed by atoms with Gasteiger partial charge in [0, 0.05) is 12.3 Å². The molecule has 0 bridgehead atoms. The molecule has 0 saturated heterocycles. The highest BCUT2D eigenvalue weighted by Crippen LogP contribution is 2.13. The lowest BCUT2D eigenvalue weighted by Gasteiger charge is -2.07. The molecule has 1 amide bonds. The summed E-state index contributed by atoms with van der Waals surface area (Å²) in [6.45, 7) is 0.155. The van der Waals surface area contributed by atoms with E-state index in [1.807, 2.05) is 0 Å². The number of hydrogen-bond donors (Lipinski definition) is 2. The normalized spacial score (nSPS) is 11.1. The van der Waals surface area contributed by atoms with Gasteiger partial charge in [-0.3, -0.25) is 14.0 Å². The Hall–Kier alpha value is -3.82. The molecular weight excluding hydrogens is 336 g/mol. The Bertz CT molecular complexity index is 1180. The molecule has 4 rings (SSSR count). The molecule has 0 aliphatic heterocycles. The Morgan fingerprint density at radius 1 is 1.23 bits per heavy atom. The molecule has 10 heteroatoms. The summed E-state index contributed by atoms with van der Waals surface area (Å²) in [6, 6.07) is 6.67. The second-order valence-corrected chi connectivity index (χ2v) is 5.59. The number of anilines is 1. The van der Waals surface area contributed by atoms with Gasteiger partial charge in [0.15, 0.2) is 11.5 Å². The van der Waals surface area contributed by atoms with Gasteiger partial charge in [0.2, 0.25) is 5.91 Å². The zero-order chi connectivity index (χ0) is 18.1. The van der Waals surface area contributed by atoms with Gasteiger partial charge < -0.3 is 15.6 Å². The number of rotatable bonds is 4. The van der Waals surface area contributed by atoms with Crippen molar-refractivity contribution in [3.05, 3.63) is 59.2 Å². The van der Waals surface area contributed by atoms with Crippen LogP contribution in [-0.4, -0.2) is 34.8 Å². The van der Waals surface area contributed by atoms with Crippen molar-refractivity contribution in [1.29, 1.82) is 0 Å². The number of pyridine rings is 1. The average Bonchev–Trinajstić information content (AvgIpc) is 3.04. The highest BCUT2D eigenvalue weighted by Gasteiger charge is 2.11. The highest BCUT2D eigenvalue weighted by atomic mass is 16.2. The monoisotopic (exact) mass is 350 g/mol. The molecule has 26 heavy (non-hydrogen) atoms. The summed E-state index contributed by atoms with van der Waals surface area (Å²) in [5, 5.41) is 2.74. The standard InChI is InChI=1S/C16H14N8O2/c17-15-14-16(20-8-19-15)23(9-21-14)7-12(25)18-6-10-5-13(26)24-4-2-1-3-11(24)22-10/h1-5,8-9H,6-7H2,(H,18,25)(H2,17,19,20). The summed E-state index contributed by atoms with van der Waals surface area (Å²) >= 11 is 0. The van der Waals surface area contributed by atoms with Gasteiger partial charge in [-0.15, -0.1) is 0 Å². The Morgan fingerprint density at radius 3 is 3.00 bits per heavy atom. The first-order valence-electron chi connectivity index (χ1n) is 7.77. The second kappa shape index (κ2) is 6.24. The molecule has 4 aromatic rings. The first-order valence-corrected chi connectivity index (χ1v) is 7.77. The predicted octanol–water partition coefficient (Wildman–Crippen LogP) is -0.267. The Morgan fingerprint density at radius 2 is 2.12 bits per heavy atom. The summed E-state index contributed by atoms with van der Waals surface area (Å²) < 4.78 is 3.01.